The molecule has 5 heteroatoms. The van der Waals surface area contributed by atoms with E-state index in [2.05, 4.69) is 10.6 Å². The standard InChI is InChI=1S/C17H17N3O2/c1-22-16-7-5-13(6-8-16)9-10-19-17(21)20-15-4-2-3-14(11-15)12-18/h2-8,11H,9-10H2,1H3,(H2,19,20,21). The molecular weight excluding hydrogens is 278 g/mol. The summed E-state index contributed by atoms with van der Waals surface area (Å²) in [6.07, 6.45) is 0.732. The predicted molar refractivity (Wildman–Crippen MR) is 84.9 cm³/mol. The van der Waals surface area contributed by atoms with Gasteiger partial charge in [-0.3, -0.25) is 0 Å². The van der Waals surface area contributed by atoms with Crippen molar-refractivity contribution in [2.24, 2.45) is 0 Å². The van der Waals surface area contributed by atoms with Crippen LogP contribution >= 0.6 is 0 Å². The highest BCUT2D eigenvalue weighted by molar-refractivity contribution is 5.89. The van der Waals surface area contributed by atoms with Crippen LogP contribution in [-0.4, -0.2) is 19.7 Å². The summed E-state index contributed by atoms with van der Waals surface area (Å²) >= 11 is 0. The number of carbonyl (C=O) groups is 1. The van der Waals surface area contributed by atoms with Crippen molar-refractivity contribution < 1.29 is 9.53 Å². The third-order valence-electron chi connectivity index (χ3n) is 3.11. The number of anilines is 1. The molecule has 0 unspecified atom stereocenters. The highest BCUT2D eigenvalue weighted by atomic mass is 16.5. The Labute approximate surface area is 129 Å². The van der Waals surface area contributed by atoms with Gasteiger partial charge in [0.25, 0.3) is 0 Å². The summed E-state index contributed by atoms with van der Waals surface area (Å²) in [5.41, 5.74) is 2.23. The lowest BCUT2D eigenvalue weighted by Crippen LogP contribution is -2.30. The second-order valence-corrected chi connectivity index (χ2v) is 4.67. The van der Waals surface area contributed by atoms with Crippen LogP contribution in [0, 0.1) is 11.3 Å². The van der Waals surface area contributed by atoms with E-state index in [-0.39, 0.29) is 6.03 Å². The summed E-state index contributed by atoms with van der Waals surface area (Å²) in [7, 11) is 1.63. The van der Waals surface area contributed by atoms with Gasteiger partial charge in [0.05, 0.1) is 18.7 Å². The van der Waals surface area contributed by atoms with Gasteiger partial charge in [-0.05, 0) is 42.3 Å². The number of benzene rings is 2. The van der Waals surface area contributed by atoms with Crippen molar-refractivity contribution in [3.63, 3.8) is 0 Å². The molecule has 0 bridgehead atoms. The average molecular weight is 295 g/mol. The summed E-state index contributed by atoms with van der Waals surface area (Å²) in [6.45, 7) is 0.524. The summed E-state index contributed by atoms with van der Waals surface area (Å²) in [4.78, 5) is 11.8. The first-order chi connectivity index (χ1) is 10.7. The van der Waals surface area contributed by atoms with Gasteiger partial charge in [-0.2, -0.15) is 5.26 Å². The second-order valence-electron chi connectivity index (χ2n) is 4.67. The minimum absolute atomic E-state index is 0.288. The van der Waals surface area contributed by atoms with Crippen LogP contribution < -0.4 is 15.4 Å². The van der Waals surface area contributed by atoms with Crippen LogP contribution in [0.5, 0.6) is 5.75 Å². The lowest BCUT2D eigenvalue weighted by molar-refractivity contribution is 0.252. The van der Waals surface area contributed by atoms with Crippen molar-refractivity contribution in [1.82, 2.24) is 5.32 Å². The van der Waals surface area contributed by atoms with Crippen LogP contribution in [0.1, 0.15) is 11.1 Å². The molecule has 22 heavy (non-hydrogen) atoms. The molecule has 0 atom stereocenters. The van der Waals surface area contributed by atoms with E-state index in [4.69, 9.17) is 10.00 Å². The molecule has 2 amide bonds. The first-order valence-electron chi connectivity index (χ1n) is 6.89. The number of amides is 2. The van der Waals surface area contributed by atoms with Gasteiger partial charge >= 0.3 is 6.03 Å². The molecule has 2 aromatic rings. The molecule has 112 valence electrons. The number of nitriles is 1. The minimum atomic E-state index is -0.288. The average Bonchev–Trinajstić information content (AvgIpc) is 2.55. The molecule has 0 radical (unpaired) electrons. The Kier molecular flexibility index (Phi) is 5.38. The third kappa shape index (κ3) is 4.53. The smallest absolute Gasteiger partial charge is 0.319 e. The summed E-state index contributed by atoms with van der Waals surface area (Å²) < 4.78 is 5.09. The topological polar surface area (TPSA) is 74.2 Å². The number of ether oxygens (including phenoxy) is 1. The van der Waals surface area contributed by atoms with E-state index in [1.165, 1.54) is 0 Å². The number of nitrogens with zero attached hydrogens (tertiary/aromatic N) is 1. The Balaban J connectivity index is 1.78. The molecule has 0 spiro atoms. The number of carbonyl (C=O) groups excluding carboxylic acids is 1. The SMILES string of the molecule is COc1ccc(CCNC(=O)Nc2cccc(C#N)c2)cc1. The fourth-order valence-corrected chi connectivity index (χ4v) is 1.95. The van der Waals surface area contributed by atoms with Gasteiger partial charge in [0.1, 0.15) is 5.75 Å². The zero-order valence-electron chi connectivity index (χ0n) is 12.3. The molecule has 2 aromatic carbocycles. The van der Waals surface area contributed by atoms with Crippen LogP contribution in [0.4, 0.5) is 10.5 Å². The predicted octanol–water partition coefficient (Wildman–Crippen LogP) is 2.93. The van der Waals surface area contributed by atoms with Crippen LogP contribution in [0.2, 0.25) is 0 Å². The molecule has 5 nitrogen and oxygen atoms in total. The number of nitrogens with one attached hydrogen (secondary N) is 2. The van der Waals surface area contributed by atoms with E-state index in [0.717, 1.165) is 17.7 Å². The van der Waals surface area contributed by atoms with Crippen molar-refractivity contribution in [2.45, 2.75) is 6.42 Å². The minimum Gasteiger partial charge on any atom is -0.497 e. The fraction of sp³-hybridized carbons (Fsp3) is 0.176. The normalized spacial score (nSPS) is 9.64. The van der Waals surface area contributed by atoms with Crippen molar-refractivity contribution in [3.05, 3.63) is 59.7 Å². The molecule has 0 aliphatic carbocycles. The molecule has 0 aliphatic rings. The van der Waals surface area contributed by atoms with Gasteiger partial charge in [-0.25, -0.2) is 4.79 Å². The fourth-order valence-electron chi connectivity index (χ4n) is 1.95. The number of hydrogen-bond acceptors (Lipinski definition) is 3. The second kappa shape index (κ2) is 7.70. The monoisotopic (exact) mass is 295 g/mol. The van der Waals surface area contributed by atoms with Gasteiger partial charge in [0, 0.05) is 12.2 Å². The Morgan fingerprint density at radius 2 is 2.00 bits per heavy atom. The van der Waals surface area contributed by atoms with Crippen molar-refractivity contribution >= 4 is 11.7 Å². The third-order valence-corrected chi connectivity index (χ3v) is 3.11. The van der Waals surface area contributed by atoms with E-state index in [1.54, 1.807) is 31.4 Å². The largest absolute Gasteiger partial charge is 0.497 e. The van der Waals surface area contributed by atoms with E-state index < -0.39 is 0 Å². The van der Waals surface area contributed by atoms with Gasteiger partial charge in [0.2, 0.25) is 0 Å². The molecule has 0 saturated carbocycles. The molecule has 2 N–H and O–H groups in total. The molecule has 0 saturated heterocycles. The maximum absolute atomic E-state index is 11.8. The number of hydrogen-bond donors (Lipinski definition) is 2. The van der Waals surface area contributed by atoms with Gasteiger partial charge < -0.3 is 15.4 Å². The van der Waals surface area contributed by atoms with E-state index >= 15 is 0 Å². The molecule has 0 aromatic heterocycles. The van der Waals surface area contributed by atoms with E-state index in [1.807, 2.05) is 30.3 Å². The van der Waals surface area contributed by atoms with E-state index in [9.17, 15) is 4.79 Å². The number of methoxy groups -OCH3 is 1. The lowest BCUT2D eigenvalue weighted by Gasteiger charge is -2.08. The highest BCUT2D eigenvalue weighted by Gasteiger charge is 2.02. The highest BCUT2D eigenvalue weighted by Crippen LogP contribution is 2.11. The van der Waals surface area contributed by atoms with Crippen LogP contribution in [0.15, 0.2) is 48.5 Å². The van der Waals surface area contributed by atoms with Gasteiger partial charge in [-0.15, -0.1) is 0 Å². The molecule has 0 heterocycles. The van der Waals surface area contributed by atoms with Crippen LogP contribution in [0.25, 0.3) is 0 Å². The zero-order valence-corrected chi connectivity index (χ0v) is 12.3. The van der Waals surface area contributed by atoms with Crippen LogP contribution in [-0.2, 0) is 6.42 Å². The summed E-state index contributed by atoms with van der Waals surface area (Å²) in [6, 6.07) is 16.2. The maximum atomic E-state index is 11.8. The Bertz CT molecular complexity index is 675. The number of urea groups is 1. The maximum Gasteiger partial charge on any atom is 0.319 e. The first kappa shape index (κ1) is 15.4. The van der Waals surface area contributed by atoms with Crippen molar-refractivity contribution in [2.75, 3.05) is 19.0 Å². The summed E-state index contributed by atoms with van der Waals surface area (Å²) in [5.74, 6) is 0.812. The quantitative estimate of drug-likeness (QED) is 0.890. The molecule has 0 fully saturated rings. The Morgan fingerprint density at radius 3 is 2.68 bits per heavy atom. The zero-order chi connectivity index (χ0) is 15.8. The first-order valence-corrected chi connectivity index (χ1v) is 6.89. The Morgan fingerprint density at radius 1 is 1.23 bits per heavy atom. The lowest BCUT2D eigenvalue weighted by atomic mass is 10.1. The van der Waals surface area contributed by atoms with Crippen LogP contribution in [0.3, 0.4) is 0 Å². The van der Waals surface area contributed by atoms with E-state index in [0.29, 0.717) is 17.8 Å². The van der Waals surface area contributed by atoms with Gasteiger partial charge in [0.15, 0.2) is 0 Å². The number of rotatable bonds is 5. The molecule has 0 aliphatic heterocycles. The van der Waals surface area contributed by atoms with Gasteiger partial charge in [-0.1, -0.05) is 18.2 Å². The Hall–Kier alpha value is -3.00. The van der Waals surface area contributed by atoms with Crippen molar-refractivity contribution in [3.8, 4) is 11.8 Å². The summed E-state index contributed by atoms with van der Waals surface area (Å²) in [5, 5.41) is 14.3. The molecule has 2 rings (SSSR count). The van der Waals surface area contributed by atoms with Crippen molar-refractivity contribution in [1.29, 1.82) is 5.26 Å². The molecular formula is C17H17N3O2.